The Morgan fingerprint density at radius 3 is 2.20 bits per heavy atom. The molecule has 0 atom stereocenters. The van der Waals surface area contributed by atoms with Crippen LogP contribution in [-0.2, 0) is 0 Å². The molecule has 0 rings (SSSR count). The van der Waals surface area contributed by atoms with E-state index in [-0.39, 0.29) is 0 Å². The first-order valence-corrected chi connectivity index (χ1v) is 3.50. The fourth-order valence-corrected chi connectivity index (χ4v) is 0.671. The summed E-state index contributed by atoms with van der Waals surface area (Å²) in [4.78, 5) is 0. The summed E-state index contributed by atoms with van der Waals surface area (Å²) in [6.45, 7) is 4.39. The van der Waals surface area contributed by atoms with Gasteiger partial charge in [0.25, 0.3) is 0 Å². The largest absolute Gasteiger partial charge is 0.0845 e. The Labute approximate surface area is 35.7 Å². The van der Waals surface area contributed by atoms with Crippen LogP contribution in [0.2, 0.25) is 0 Å². The molecule has 0 aromatic rings. The lowest BCUT2D eigenvalue weighted by molar-refractivity contribution is 1.10. The second-order valence-electron chi connectivity index (χ2n) is 1.04. The van der Waals surface area contributed by atoms with E-state index in [9.17, 15) is 0 Å². The second kappa shape index (κ2) is 4.43. The standard InChI is InChI=1S/C4H10P/c1-3-4-5-2/h3-4H2,1-2H3. The van der Waals surface area contributed by atoms with Crippen LogP contribution in [0.3, 0.4) is 0 Å². The van der Waals surface area contributed by atoms with Gasteiger partial charge in [-0.1, -0.05) is 21.9 Å². The quantitative estimate of drug-likeness (QED) is 0.454. The fourth-order valence-electron chi connectivity index (χ4n) is 0.224. The number of rotatable bonds is 2. The minimum atomic E-state index is 1.33. The maximum absolute atomic E-state index is 2.20. The molecule has 31 valence electrons. The molecule has 0 saturated heterocycles. The molecule has 0 fully saturated rings. The molecule has 0 amide bonds. The van der Waals surface area contributed by atoms with Gasteiger partial charge in [0, 0.05) is 0 Å². The molecular formula is C4H10P. The van der Waals surface area contributed by atoms with E-state index >= 15 is 0 Å². The van der Waals surface area contributed by atoms with Crippen LogP contribution in [0.5, 0.6) is 0 Å². The summed E-state index contributed by atoms with van der Waals surface area (Å²) in [6.07, 6.45) is 2.69. The summed E-state index contributed by atoms with van der Waals surface area (Å²) in [5.41, 5.74) is 0. The first-order valence-electron chi connectivity index (χ1n) is 1.97. The lowest BCUT2D eigenvalue weighted by atomic mass is 10.6. The zero-order valence-corrected chi connectivity index (χ0v) is 4.76. The van der Waals surface area contributed by atoms with Crippen molar-refractivity contribution in [1.82, 2.24) is 0 Å². The van der Waals surface area contributed by atoms with Gasteiger partial charge in [-0.05, 0) is 12.8 Å². The second-order valence-corrected chi connectivity index (χ2v) is 2.12. The Balaban J connectivity index is 2.19. The molecule has 0 heterocycles. The molecule has 1 radical (unpaired) electrons. The van der Waals surface area contributed by atoms with Gasteiger partial charge in [-0.2, -0.15) is 0 Å². The average Bonchev–Trinajstić information content (AvgIpc) is 1.41. The minimum Gasteiger partial charge on any atom is -0.0845 e. The Morgan fingerprint density at radius 1 is 1.60 bits per heavy atom. The van der Waals surface area contributed by atoms with E-state index in [0.29, 0.717) is 0 Å². The minimum absolute atomic E-state index is 1.33. The molecular weight excluding hydrogens is 79.0 g/mol. The summed E-state index contributed by atoms with van der Waals surface area (Å²) in [6, 6.07) is 0. The molecule has 0 aromatic carbocycles. The van der Waals surface area contributed by atoms with E-state index in [2.05, 4.69) is 13.6 Å². The highest BCUT2D eigenvalue weighted by molar-refractivity contribution is 7.36. The average molecular weight is 89.1 g/mol. The van der Waals surface area contributed by atoms with Gasteiger partial charge < -0.3 is 0 Å². The van der Waals surface area contributed by atoms with Crippen molar-refractivity contribution in [1.29, 1.82) is 0 Å². The van der Waals surface area contributed by atoms with Crippen LogP contribution in [0.1, 0.15) is 13.3 Å². The van der Waals surface area contributed by atoms with Crippen LogP contribution in [-0.4, -0.2) is 12.8 Å². The predicted octanol–water partition coefficient (Wildman–Crippen LogP) is 1.97. The molecule has 0 aromatic heterocycles. The fraction of sp³-hybridized carbons (Fsp3) is 1.00. The van der Waals surface area contributed by atoms with Gasteiger partial charge in [-0.3, -0.25) is 0 Å². The highest BCUT2D eigenvalue weighted by atomic mass is 31.1. The zero-order chi connectivity index (χ0) is 4.12. The van der Waals surface area contributed by atoms with Crippen LogP contribution >= 0.6 is 8.58 Å². The van der Waals surface area contributed by atoms with Crippen molar-refractivity contribution in [2.45, 2.75) is 13.3 Å². The monoisotopic (exact) mass is 89.1 g/mol. The van der Waals surface area contributed by atoms with E-state index in [1.807, 2.05) is 0 Å². The molecule has 0 aliphatic carbocycles. The van der Waals surface area contributed by atoms with Gasteiger partial charge in [-0.15, -0.1) is 0 Å². The third-order valence-corrected chi connectivity index (χ3v) is 1.34. The van der Waals surface area contributed by atoms with Crippen molar-refractivity contribution in [3.63, 3.8) is 0 Å². The van der Waals surface area contributed by atoms with Gasteiger partial charge in [-0.25, -0.2) is 0 Å². The number of hydrogen-bond donors (Lipinski definition) is 0. The Bertz CT molecular complexity index is 11.1. The van der Waals surface area contributed by atoms with Crippen LogP contribution in [0, 0.1) is 0 Å². The first kappa shape index (κ1) is 5.43. The first-order chi connectivity index (χ1) is 2.41. The molecule has 0 bridgehead atoms. The molecule has 5 heavy (non-hydrogen) atoms. The van der Waals surface area contributed by atoms with E-state index < -0.39 is 0 Å². The van der Waals surface area contributed by atoms with Gasteiger partial charge in [0.1, 0.15) is 0 Å². The van der Waals surface area contributed by atoms with Gasteiger partial charge in [0.15, 0.2) is 0 Å². The third kappa shape index (κ3) is 4.43. The Kier molecular flexibility index (Phi) is 4.81. The van der Waals surface area contributed by atoms with Crippen LogP contribution in [0.25, 0.3) is 0 Å². The van der Waals surface area contributed by atoms with Crippen molar-refractivity contribution in [2.24, 2.45) is 0 Å². The van der Waals surface area contributed by atoms with Gasteiger partial charge in [0.2, 0.25) is 0 Å². The van der Waals surface area contributed by atoms with E-state index in [4.69, 9.17) is 0 Å². The molecule has 0 aliphatic heterocycles. The lowest BCUT2D eigenvalue weighted by Crippen LogP contribution is -1.61. The summed E-state index contributed by atoms with van der Waals surface area (Å²) < 4.78 is 0. The lowest BCUT2D eigenvalue weighted by Gasteiger charge is -1.78. The van der Waals surface area contributed by atoms with E-state index in [0.717, 1.165) is 0 Å². The van der Waals surface area contributed by atoms with Crippen molar-refractivity contribution in [2.75, 3.05) is 12.8 Å². The van der Waals surface area contributed by atoms with Crippen LogP contribution < -0.4 is 0 Å². The third-order valence-electron chi connectivity index (χ3n) is 0.447. The smallest absolute Gasteiger partial charge is 0.0292 e. The maximum Gasteiger partial charge on any atom is -0.0292 e. The molecule has 0 nitrogen and oxygen atoms in total. The highest BCUT2D eigenvalue weighted by Gasteiger charge is 1.68. The number of hydrogen-bond acceptors (Lipinski definition) is 0. The Morgan fingerprint density at radius 2 is 2.20 bits per heavy atom. The SMILES string of the molecule is CCC[P]C. The van der Waals surface area contributed by atoms with Crippen molar-refractivity contribution in [3.8, 4) is 0 Å². The molecule has 0 spiro atoms. The van der Waals surface area contributed by atoms with Crippen molar-refractivity contribution in [3.05, 3.63) is 0 Å². The molecule has 0 N–H and O–H groups in total. The molecule has 0 saturated carbocycles. The summed E-state index contributed by atoms with van der Waals surface area (Å²) >= 11 is 0. The van der Waals surface area contributed by atoms with Crippen molar-refractivity contribution >= 4 is 8.58 Å². The maximum atomic E-state index is 2.20. The summed E-state index contributed by atoms with van der Waals surface area (Å²) in [5, 5.41) is 0. The zero-order valence-electron chi connectivity index (χ0n) is 3.86. The highest BCUT2D eigenvalue weighted by Crippen LogP contribution is 2.01. The topological polar surface area (TPSA) is 0 Å². The van der Waals surface area contributed by atoms with E-state index in [1.165, 1.54) is 21.2 Å². The Hall–Kier alpha value is 0.430. The van der Waals surface area contributed by atoms with Crippen LogP contribution in [0.15, 0.2) is 0 Å². The van der Waals surface area contributed by atoms with Gasteiger partial charge in [0.05, 0.1) is 0 Å². The normalized spacial score (nSPS) is 10.8. The summed E-state index contributed by atoms with van der Waals surface area (Å²) in [7, 11) is 1.53. The van der Waals surface area contributed by atoms with E-state index in [1.54, 1.807) is 0 Å². The predicted molar refractivity (Wildman–Crippen MR) is 28.0 cm³/mol. The molecule has 1 heteroatoms. The molecule has 0 aliphatic rings. The van der Waals surface area contributed by atoms with Crippen LogP contribution in [0.4, 0.5) is 0 Å². The van der Waals surface area contributed by atoms with Gasteiger partial charge >= 0.3 is 0 Å². The molecule has 0 unspecified atom stereocenters. The van der Waals surface area contributed by atoms with Crippen molar-refractivity contribution < 1.29 is 0 Å². The summed E-state index contributed by atoms with van der Waals surface area (Å²) in [5.74, 6) is 0.